The van der Waals surface area contributed by atoms with Crippen LogP contribution in [0.3, 0.4) is 0 Å². The number of hydrogen-bond acceptors (Lipinski definition) is 5. The van der Waals surface area contributed by atoms with Gasteiger partial charge in [0.05, 0.1) is 0 Å². The molecule has 2 saturated heterocycles. The van der Waals surface area contributed by atoms with E-state index in [1.165, 1.54) is 38.2 Å². The Kier molecular flexibility index (Phi) is 5.28. The maximum Gasteiger partial charge on any atom is 0.128 e. The van der Waals surface area contributed by atoms with Gasteiger partial charge in [0.15, 0.2) is 0 Å². The summed E-state index contributed by atoms with van der Waals surface area (Å²) in [5, 5.41) is 3.44. The highest BCUT2D eigenvalue weighted by Crippen LogP contribution is 2.19. The first kappa shape index (κ1) is 15.7. The standard InChI is InChI=1S/C17H29N5/c1-3-20(2)17-5-4-15(12-19-17)13-21-9-6-16(14-21)22-10-7-18-8-11-22/h4-5,12,16,18H,3,6-11,13-14H2,1-2H3. The molecule has 1 atom stereocenters. The van der Waals surface area contributed by atoms with Gasteiger partial charge >= 0.3 is 0 Å². The van der Waals surface area contributed by atoms with Crippen molar-refractivity contribution in [3.8, 4) is 0 Å². The van der Waals surface area contributed by atoms with E-state index in [9.17, 15) is 0 Å². The van der Waals surface area contributed by atoms with Gasteiger partial charge in [0.25, 0.3) is 0 Å². The first-order chi connectivity index (χ1) is 10.8. The van der Waals surface area contributed by atoms with Gasteiger partial charge in [-0.25, -0.2) is 4.98 Å². The van der Waals surface area contributed by atoms with Crippen molar-refractivity contribution in [2.24, 2.45) is 0 Å². The topological polar surface area (TPSA) is 34.6 Å². The molecule has 0 bridgehead atoms. The van der Waals surface area contributed by atoms with Crippen molar-refractivity contribution in [2.75, 3.05) is 57.8 Å². The zero-order chi connectivity index (χ0) is 15.4. The quantitative estimate of drug-likeness (QED) is 0.878. The molecule has 5 heteroatoms. The highest BCUT2D eigenvalue weighted by atomic mass is 15.3. The summed E-state index contributed by atoms with van der Waals surface area (Å²) in [4.78, 5) is 12.0. The Morgan fingerprint density at radius 1 is 1.27 bits per heavy atom. The summed E-state index contributed by atoms with van der Waals surface area (Å²) >= 11 is 0. The van der Waals surface area contributed by atoms with E-state index in [1.807, 2.05) is 6.20 Å². The zero-order valence-corrected chi connectivity index (χ0v) is 14.0. The molecule has 2 aliphatic rings. The van der Waals surface area contributed by atoms with Gasteiger partial charge in [-0.2, -0.15) is 0 Å². The van der Waals surface area contributed by atoms with E-state index >= 15 is 0 Å². The molecule has 1 unspecified atom stereocenters. The van der Waals surface area contributed by atoms with Gasteiger partial charge in [-0.15, -0.1) is 0 Å². The Bertz CT molecular complexity index is 455. The minimum Gasteiger partial charge on any atom is -0.360 e. The van der Waals surface area contributed by atoms with Crippen molar-refractivity contribution in [2.45, 2.75) is 25.9 Å². The highest BCUT2D eigenvalue weighted by Gasteiger charge is 2.28. The Balaban J connectivity index is 1.51. The third-order valence-electron chi connectivity index (χ3n) is 5.00. The van der Waals surface area contributed by atoms with Crippen molar-refractivity contribution in [1.82, 2.24) is 20.1 Å². The van der Waals surface area contributed by atoms with Crippen LogP contribution in [0.2, 0.25) is 0 Å². The van der Waals surface area contributed by atoms with Crippen LogP contribution >= 0.6 is 0 Å². The minimum atomic E-state index is 0.751. The summed E-state index contributed by atoms with van der Waals surface area (Å²) in [6.45, 7) is 11.3. The molecule has 1 N–H and O–H groups in total. The summed E-state index contributed by atoms with van der Waals surface area (Å²) < 4.78 is 0. The summed E-state index contributed by atoms with van der Waals surface area (Å²) in [6, 6.07) is 5.12. The molecule has 0 spiro atoms. The van der Waals surface area contributed by atoms with Crippen LogP contribution in [0.15, 0.2) is 18.3 Å². The Morgan fingerprint density at radius 2 is 2.09 bits per heavy atom. The van der Waals surface area contributed by atoms with Gasteiger partial charge in [0.1, 0.15) is 5.82 Å². The number of hydrogen-bond donors (Lipinski definition) is 1. The lowest BCUT2D eigenvalue weighted by Crippen LogP contribution is -2.49. The summed E-state index contributed by atoms with van der Waals surface area (Å²) in [5.41, 5.74) is 1.33. The van der Waals surface area contributed by atoms with Crippen LogP contribution in [-0.4, -0.2) is 73.7 Å². The molecular weight excluding hydrogens is 274 g/mol. The monoisotopic (exact) mass is 303 g/mol. The smallest absolute Gasteiger partial charge is 0.128 e. The van der Waals surface area contributed by atoms with Gasteiger partial charge < -0.3 is 10.2 Å². The van der Waals surface area contributed by atoms with E-state index < -0.39 is 0 Å². The number of rotatable bonds is 5. The molecule has 0 radical (unpaired) electrons. The number of anilines is 1. The molecule has 1 aromatic heterocycles. The van der Waals surface area contributed by atoms with Gasteiger partial charge in [-0.1, -0.05) is 6.07 Å². The van der Waals surface area contributed by atoms with Crippen molar-refractivity contribution in [3.05, 3.63) is 23.9 Å². The summed E-state index contributed by atoms with van der Waals surface area (Å²) in [5.74, 6) is 1.06. The van der Waals surface area contributed by atoms with Crippen molar-refractivity contribution < 1.29 is 0 Å². The number of aromatic nitrogens is 1. The number of nitrogens with one attached hydrogen (secondary N) is 1. The van der Waals surface area contributed by atoms with Crippen molar-refractivity contribution in [1.29, 1.82) is 0 Å². The normalized spacial score (nSPS) is 23.8. The van der Waals surface area contributed by atoms with Gasteiger partial charge in [0.2, 0.25) is 0 Å². The third-order valence-corrected chi connectivity index (χ3v) is 5.00. The van der Waals surface area contributed by atoms with E-state index in [0.717, 1.165) is 38.0 Å². The van der Waals surface area contributed by atoms with E-state index in [1.54, 1.807) is 0 Å². The third kappa shape index (κ3) is 3.77. The molecule has 0 aromatic carbocycles. The molecule has 1 aromatic rings. The van der Waals surface area contributed by atoms with Gasteiger partial charge in [-0.05, 0) is 25.0 Å². The fraction of sp³-hybridized carbons (Fsp3) is 0.706. The molecule has 0 amide bonds. The fourth-order valence-electron chi connectivity index (χ4n) is 3.46. The summed E-state index contributed by atoms with van der Waals surface area (Å²) in [7, 11) is 2.08. The predicted molar refractivity (Wildman–Crippen MR) is 91.3 cm³/mol. The van der Waals surface area contributed by atoms with Crippen molar-refractivity contribution in [3.63, 3.8) is 0 Å². The summed E-state index contributed by atoms with van der Waals surface area (Å²) in [6.07, 6.45) is 3.35. The number of likely N-dealkylation sites (tertiary alicyclic amines) is 1. The van der Waals surface area contributed by atoms with Crippen LogP contribution in [0.1, 0.15) is 18.9 Å². The Labute approximate surface area is 134 Å². The lowest BCUT2D eigenvalue weighted by molar-refractivity contribution is 0.170. The first-order valence-electron chi connectivity index (χ1n) is 8.59. The Morgan fingerprint density at radius 3 is 2.77 bits per heavy atom. The lowest BCUT2D eigenvalue weighted by Gasteiger charge is -2.32. The second kappa shape index (κ2) is 7.40. The maximum absolute atomic E-state index is 4.58. The van der Waals surface area contributed by atoms with Crippen LogP contribution in [0, 0.1) is 0 Å². The second-order valence-electron chi connectivity index (χ2n) is 6.50. The Hall–Kier alpha value is -1.17. The molecule has 0 aliphatic carbocycles. The average molecular weight is 303 g/mol. The molecule has 2 aliphatic heterocycles. The molecule has 3 rings (SSSR count). The predicted octanol–water partition coefficient (Wildman–Crippen LogP) is 1.02. The molecule has 122 valence electrons. The number of nitrogens with zero attached hydrogens (tertiary/aromatic N) is 4. The molecule has 3 heterocycles. The van der Waals surface area contributed by atoms with Crippen LogP contribution in [0.25, 0.3) is 0 Å². The molecule has 0 saturated carbocycles. The van der Waals surface area contributed by atoms with E-state index in [4.69, 9.17) is 0 Å². The molecule has 2 fully saturated rings. The molecular formula is C17H29N5. The number of pyridine rings is 1. The van der Waals surface area contributed by atoms with Gasteiger partial charge in [0, 0.05) is 71.6 Å². The van der Waals surface area contributed by atoms with Crippen LogP contribution < -0.4 is 10.2 Å². The largest absolute Gasteiger partial charge is 0.360 e. The molecule has 5 nitrogen and oxygen atoms in total. The minimum absolute atomic E-state index is 0.751. The lowest BCUT2D eigenvalue weighted by atomic mass is 10.2. The van der Waals surface area contributed by atoms with Crippen molar-refractivity contribution >= 4 is 5.82 Å². The van der Waals surface area contributed by atoms with Crippen LogP contribution in [0.4, 0.5) is 5.82 Å². The van der Waals surface area contributed by atoms with Gasteiger partial charge in [-0.3, -0.25) is 9.80 Å². The first-order valence-corrected chi connectivity index (χ1v) is 8.59. The maximum atomic E-state index is 4.58. The van der Waals surface area contributed by atoms with Crippen LogP contribution in [0.5, 0.6) is 0 Å². The second-order valence-corrected chi connectivity index (χ2v) is 6.50. The SMILES string of the molecule is CCN(C)c1ccc(CN2CCC(N3CCNCC3)C2)cn1. The fourth-order valence-corrected chi connectivity index (χ4v) is 3.46. The highest BCUT2D eigenvalue weighted by molar-refractivity contribution is 5.37. The molecule has 22 heavy (non-hydrogen) atoms. The van der Waals surface area contributed by atoms with E-state index in [-0.39, 0.29) is 0 Å². The van der Waals surface area contributed by atoms with E-state index in [2.05, 4.69) is 51.1 Å². The van der Waals surface area contributed by atoms with Crippen LogP contribution in [-0.2, 0) is 6.54 Å². The zero-order valence-electron chi connectivity index (χ0n) is 14.0. The van der Waals surface area contributed by atoms with E-state index in [0.29, 0.717) is 0 Å². The average Bonchev–Trinajstić information content (AvgIpc) is 3.04. The number of piperazine rings is 1.